The van der Waals surface area contributed by atoms with Gasteiger partial charge in [0.2, 0.25) is 0 Å². The number of carboxylic acid groups (broad SMARTS) is 1. The number of carbonyl (C=O) groups is 2. The Kier molecular flexibility index (Phi) is 6.16. The monoisotopic (exact) mass is 396 g/mol. The Morgan fingerprint density at radius 3 is 1.86 bits per heavy atom. The molecule has 3 rings (SSSR count). The third-order valence-corrected chi connectivity index (χ3v) is 5.14. The molecule has 28 heavy (non-hydrogen) atoms. The van der Waals surface area contributed by atoms with Crippen LogP contribution in [0.1, 0.15) is 34.2 Å². The van der Waals surface area contributed by atoms with Crippen molar-refractivity contribution >= 4 is 22.8 Å². The molecule has 0 radical (unpaired) electrons. The van der Waals surface area contributed by atoms with Crippen molar-refractivity contribution < 1.29 is 14.7 Å². The van der Waals surface area contributed by atoms with Crippen LogP contribution in [0.15, 0.2) is 65.5 Å². The molecule has 0 aliphatic carbocycles. The fraction of sp³-hybridized carbons (Fsp3) is 0.190. The van der Waals surface area contributed by atoms with Crippen molar-refractivity contribution in [3.05, 3.63) is 93.7 Å². The van der Waals surface area contributed by atoms with Crippen LogP contribution in [0.5, 0.6) is 0 Å². The van der Waals surface area contributed by atoms with Crippen molar-refractivity contribution in [1.29, 1.82) is 0 Å². The smallest absolute Gasteiger partial charge is 0.354 e. The highest BCUT2D eigenvalue weighted by molar-refractivity contribution is 8.12. The maximum Gasteiger partial charge on any atom is 0.354 e. The molecule has 0 aliphatic heterocycles. The topological polar surface area (TPSA) is 81.3 Å². The summed E-state index contributed by atoms with van der Waals surface area (Å²) in [5, 5.41) is 9.69. The van der Waals surface area contributed by atoms with Crippen LogP contribution in [-0.4, -0.2) is 25.3 Å². The maximum absolute atomic E-state index is 13.1. The van der Waals surface area contributed by atoms with Gasteiger partial charge in [-0.1, -0.05) is 72.4 Å². The number of benzene rings is 2. The SMILES string of the molecule is CC(=O)SCc1c(C(=O)O)n(Cc2ccccc2)c(=O)n1Cc1ccccc1. The Balaban J connectivity index is 2.12. The third-order valence-electron chi connectivity index (χ3n) is 4.31. The van der Waals surface area contributed by atoms with Crippen LogP contribution in [0.4, 0.5) is 0 Å². The van der Waals surface area contributed by atoms with E-state index in [-0.39, 0.29) is 29.7 Å². The number of rotatable bonds is 7. The summed E-state index contributed by atoms with van der Waals surface area (Å²) in [5.41, 5.74) is 1.59. The number of thioether (sulfide) groups is 1. The first-order valence-corrected chi connectivity index (χ1v) is 9.72. The molecule has 0 atom stereocenters. The molecular weight excluding hydrogens is 376 g/mol. The van der Waals surface area contributed by atoms with E-state index in [0.29, 0.717) is 5.69 Å². The lowest BCUT2D eigenvalue weighted by Gasteiger charge is -2.08. The van der Waals surface area contributed by atoms with Crippen molar-refractivity contribution in [3.8, 4) is 0 Å². The van der Waals surface area contributed by atoms with Crippen LogP contribution in [0.3, 0.4) is 0 Å². The summed E-state index contributed by atoms with van der Waals surface area (Å²) in [7, 11) is 0. The van der Waals surface area contributed by atoms with Gasteiger partial charge in [-0.2, -0.15) is 0 Å². The van der Waals surface area contributed by atoms with Crippen molar-refractivity contribution in [3.63, 3.8) is 0 Å². The Hall–Kier alpha value is -3.06. The molecule has 0 amide bonds. The average Bonchev–Trinajstić information content (AvgIpc) is 2.93. The summed E-state index contributed by atoms with van der Waals surface area (Å²) in [4.78, 5) is 36.6. The van der Waals surface area contributed by atoms with E-state index in [0.717, 1.165) is 22.9 Å². The van der Waals surface area contributed by atoms with Gasteiger partial charge in [0.25, 0.3) is 0 Å². The van der Waals surface area contributed by atoms with E-state index >= 15 is 0 Å². The second-order valence-corrected chi connectivity index (χ2v) is 7.46. The average molecular weight is 396 g/mol. The largest absolute Gasteiger partial charge is 0.477 e. The zero-order valence-electron chi connectivity index (χ0n) is 15.4. The zero-order valence-corrected chi connectivity index (χ0v) is 16.2. The minimum absolute atomic E-state index is 0.0708. The van der Waals surface area contributed by atoms with Gasteiger partial charge in [0.05, 0.1) is 18.8 Å². The molecule has 3 aromatic rings. The van der Waals surface area contributed by atoms with Gasteiger partial charge in [-0.05, 0) is 11.1 Å². The second-order valence-electron chi connectivity index (χ2n) is 6.31. The molecule has 7 heteroatoms. The van der Waals surface area contributed by atoms with E-state index in [1.165, 1.54) is 16.1 Å². The fourth-order valence-electron chi connectivity index (χ4n) is 3.04. The Morgan fingerprint density at radius 1 is 0.893 bits per heavy atom. The Bertz CT molecular complexity index is 1040. The molecule has 1 aromatic heterocycles. The second kappa shape index (κ2) is 8.75. The molecule has 1 heterocycles. The quantitative estimate of drug-likeness (QED) is 0.663. The highest BCUT2D eigenvalue weighted by atomic mass is 32.2. The Labute approximate surface area is 166 Å². The molecule has 0 bridgehead atoms. The third kappa shape index (κ3) is 4.43. The van der Waals surface area contributed by atoms with E-state index in [1.807, 2.05) is 60.7 Å². The number of hydrogen-bond acceptors (Lipinski definition) is 4. The zero-order chi connectivity index (χ0) is 20.1. The van der Waals surface area contributed by atoms with Gasteiger partial charge < -0.3 is 5.11 Å². The lowest BCUT2D eigenvalue weighted by atomic mass is 10.2. The number of imidazole rings is 1. The lowest BCUT2D eigenvalue weighted by Crippen LogP contribution is -2.27. The number of carboxylic acids is 1. The summed E-state index contributed by atoms with van der Waals surface area (Å²) < 4.78 is 2.73. The first-order chi connectivity index (χ1) is 13.5. The van der Waals surface area contributed by atoms with Crippen LogP contribution in [0.2, 0.25) is 0 Å². The Morgan fingerprint density at radius 2 is 1.39 bits per heavy atom. The van der Waals surface area contributed by atoms with Gasteiger partial charge in [0.15, 0.2) is 10.8 Å². The summed E-state index contributed by atoms with van der Waals surface area (Å²) in [6.45, 7) is 1.82. The van der Waals surface area contributed by atoms with Gasteiger partial charge in [0.1, 0.15) is 0 Å². The molecule has 0 saturated heterocycles. The first-order valence-electron chi connectivity index (χ1n) is 8.74. The van der Waals surface area contributed by atoms with Crippen molar-refractivity contribution in [2.75, 3.05) is 0 Å². The maximum atomic E-state index is 13.1. The summed E-state index contributed by atoms with van der Waals surface area (Å²) in [6.07, 6.45) is 0. The van der Waals surface area contributed by atoms with Gasteiger partial charge in [-0.15, -0.1) is 0 Å². The normalized spacial score (nSPS) is 10.8. The molecule has 0 saturated carbocycles. The van der Waals surface area contributed by atoms with Gasteiger partial charge in [0, 0.05) is 12.7 Å². The minimum Gasteiger partial charge on any atom is -0.477 e. The predicted octanol–water partition coefficient (Wildman–Crippen LogP) is 3.22. The van der Waals surface area contributed by atoms with E-state index in [1.54, 1.807) is 0 Å². The van der Waals surface area contributed by atoms with Gasteiger partial charge >= 0.3 is 11.7 Å². The van der Waals surface area contributed by atoms with Crippen molar-refractivity contribution in [2.24, 2.45) is 0 Å². The van der Waals surface area contributed by atoms with Gasteiger partial charge in [-0.3, -0.25) is 13.9 Å². The van der Waals surface area contributed by atoms with Crippen LogP contribution in [0, 0.1) is 0 Å². The first kappa shape index (κ1) is 19.7. The number of nitrogens with zero attached hydrogens (tertiary/aromatic N) is 2. The van der Waals surface area contributed by atoms with Crippen molar-refractivity contribution in [1.82, 2.24) is 9.13 Å². The molecule has 0 unspecified atom stereocenters. The number of aromatic nitrogens is 2. The number of aromatic carboxylic acids is 1. The minimum atomic E-state index is -1.18. The molecule has 2 aromatic carbocycles. The van der Waals surface area contributed by atoms with E-state index in [9.17, 15) is 19.5 Å². The van der Waals surface area contributed by atoms with Crippen LogP contribution in [-0.2, 0) is 23.6 Å². The fourth-order valence-corrected chi connectivity index (χ4v) is 3.67. The molecule has 0 spiro atoms. The lowest BCUT2D eigenvalue weighted by molar-refractivity contribution is -0.109. The molecule has 0 fully saturated rings. The van der Waals surface area contributed by atoms with E-state index in [2.05, 4.69) is 0 Å². The molecule has 6 nitrogen and oxygen atoms in total. The summed E-state index contributed by atoms with van der Waals surface area (Å²) >= 11 is 0.994. The molecule has 144 valence electrons. The van der Waals surface area contributed by atoms with Gasteiger partial charge in [-0.25, -0.2) is 9.59 Å². The van der Waals surface area contributed by atoms with Crippen LogP contribution in [0.25, 0.3) is 0 Å². The predicted molar refractivity (Wildman–Crippen MR) is 109 cm³/mol. The van der Waals surface area contributed by atoms with E-state index < -0.39 is 11.7 Å². The molecular formula is C21H20N2O4S. The van der Waals surface area contributed by atoms with Crippen molar-refractivity contribution in [2.45, 2.75) is 25.8 Å². The summed E-state index contributed by atoms with van der Waals surface area (Å²) in [6, 6.07) is 18.6. The standard InChI is InChI=1S/C21H20N2O4S/c1-15(24)28-14-18-19(20(25)26)23(13-17-10-6-3-7-11-17)21(27)22(18)12-16-8-4-2-5-9-16/h2-11H,12-14H2,1H3,(H,25,26). The summed E-state index contributed by atoms with van der Waals surface area (Å²) in [5.74, 6) is -1.06. The van der Waals surface area contributed by atoms with Crippen LogP contribution < -0.4 is 5.69 Å². The highest BCUT2D eigenvalue weighted by Crippen LogP contribution is 2.19. The van der Waals surface area contributed by atoms with E-state index in [4.69, 9.17) is 0 Å². The number of carbonyl (C=O) groups excluding carboxylic acids is 1. The highest BCUT2D eigenvalue weighted by Gasteiger charge is 2.25. The molecule has 0 aliphatic rings. The molecule has 1 N–H and O–H groups in total. The number of hydrogen-bond donors (Lipinski definition) is 1. The van der Waals surface area contributed by atoms with Crippen LogP contribution >= 0.6 is 11.8 Å².